The Morgan fingerprint density at radius 3 is 2.62 bits per heavy atom. The minimum atomic E-state index is 0.456. The van der Waals surface area contributed by atoms with Crippen LogP contribution in [0, 0.1) is 6.92 Å². The third-order valence-electron chi connectivity index (χ3n) is 3.60. The van der Waals surface area contributed by atoms with Crippen molar-refractivity contribution in [3.63, 3.8) is 0 Å². The summed E-state index contributed by atoms with van der Waals surface area (Å²) in [5, 5.41) is 12.6. The number of hydrogen-bond donors (Lipinski definition) is 0. The van der Waals surface area contributed by atoms with Crippen LogP contribution in [0.15, 0.2) is 67.2 Å². The normalized spacial score (nSPS) is 11.0. The van der Waals surface area contributed by atoms with Gasteiger partial charge >= 0.3 is 0 Å². The Hall–Kier alpha value is -2.45. The highest BCUT2D eigenvalue weighted by atomic mass is 79.9. The summed E-state index contributed by atoms with van der Waals surface area (Å²) in [6.45, 7) is 2.03. The number of thioether (sulfide) groups is 1. The van der Waals surface area contributed by atoms with E-state index in [1.807, 2.05) is 55.5 Å². The second kappa shape index (κ2) is 7.43. The second-order valence-electron chi connectivity index (χ2n) is 5.52. The maximum Gasteiger partial charge on any atom is 0.277 e. The summed E-state index contributed by atoms with van der Waals surface area (Å²) >= 11 is 4.85. The fourth-order valence-electron chi connectivity index (χ4n) is 2.26. The van der Waals surface area contributed by atoms with Gasteiger partial charge in [0.25, 0.3) is 11.1 Å². The predicted octanol–water partition coefficient (Wildman–Crippen LogP) is 5.15. The third-order valence-corrected chi connectivity index (χ3v) is 5.11. The van der Waals surface area contributed by atoms with Gasteiger partial charge in [-0.05, 0) is 47.1 Å². The summed E-state index contributed by atoms with van der Waals surface area (Å²) in [6.07, 6.45) is 0. The van der Waals surface area contributed by atoms with Gasteiger partial charge in [-0.1, -0.05) is 46.7 Å². The lowest BCUT2D eigenvalue weighted by atomic mass is 10.1. The van der Waals surface area contributed by atoms with Crippen LogP contribution in [0.5, 0.6) is 0 Å². The van der Waals surface area contributed by atoms with Crippen LogP contribution in [0.1, 0.15) is 11.4 Å². The Morgan fingerprint density at radius 2 is 1.81 bits per heavy atom. The molecule has 8 heteroatoms. The van der Waals surface area contributed by atoms with Crippen LogP contribution in [0.25, 0.3) is 22.9 Å². The van der Waals surface area contributed by atoms with E-state index in [1.54, 1.807) is 0 Å². The van der Waals surface area contributed by atoms with Crippen LogP contribution in [-0.4, -0.2) is 20.3 Å². The molecule has 4 aromatic rings. The van der Waals surface area contributed by atoms with Crippen molar-refractivity contribution in [1.29, 1.82) is 0 Å². The molecule has 0 unspecified atom stereocenters. The number of aryl methyl sites for hydroxylation is 1. The summed E-state index contributed by atoms with van der Waals surface area (Å²) in [7, 11) is 0. The van der Waals surface area contributed by atoms with Crippen molar-refractivity contribution < 1.29 is 8.94 Å². The van der Waals surface area contributed by atoms with Crippen molar-refractivity contribution in [3.05, 3.63) is 64.4 Å². The maximum absolute atomic E-state index is 5.70. The molecular weight excluding hydrogens is 416 g/mol. The molecule has 0 aliphatic heterocycles. The average Bonchev–Trinajstić information content (AvgIpc) is 3.30. The van der Waals surface area contributed by atoms with E-state index in [0.717, 1.165) is 15.6 Å². The number of benzene rings is 2. The molecule has 0 fully saturated rings. The molecule has 2 aromatic heterocycles. The standard InChI is InChI=1S/C18H13BrN4O2S/c1-11-6-8-12(9-7-11)16-20-15(23-25-16)10-26-18-22-21-17(24-18)13-4-2-3-5-14(13)19/h2-9H,10H2,1H3. The van der Waals surface area contributed by atoms with Crippen LogP contribution in [-0.2, 0) is 5.75 Å². The first-order chi connectivity index (χ1) is 12.7. The van der Waals surface area contributed by atoms with Crippen LogP contribution >= 0.6 is 27.7 Å². The van der Waals surface area contributed by atoms with Gasteiger partial charge in [-0.15, -0.1) is 10.2 Å². The van der Waals surface area contributed by atoms with Gasteiger partial charge in [-0.25, -0.2) is 0 Å². The first kappa shape index (κ1) is 17.0. The zero-order chi connectivity index (χ0) is 17.9. The van der Waals surface area contributed by atoms with Gasteiger partial charge in [0.1, 0.15) is 0 Å². The summed E-state index contributed by atoms with van der Waals surface area (Å²) < 4.78 is 11.9. The number of nitrogens with zero attached hydrogens (tertiary/aromatic N) is 4. The molecular formula is C18H13BrN4O2S. The van der Waals surface area contributed by atoms with Crippen molar-refractivity contribution in [2.45, 2.75) is 17.9 Å². The van der Waals surface area contributed by atoms with Crippen molar-refractivity contribution in [2.75, 3.05) is 0 Å². The van der Waals surface area contributed by atoms with Crippen LogP contribution in [0.3, 0.4) is 0 Å². The molecule has 0 saturated carbocycles. The zero-order valence-corrected chi connectivity index (χ0v) is 16.1. The molecule has 2 heterocycles. The monoisotopic (exact) mass is 428 g/mol. The summed E-state index contributed by atoms with van der Waals surface area (Å²) in [5.74, 6) is 2.02. The van der Waals surface area contributed by atoms with E-state index in [4.69, 9.17) is 8.94 Å². The van der Waals surface area contributed by atoms with Gasteiger partial charge < -0.3 is 8.94 Å². The number of hydrogen-bond acceptors (Lipinski definition) is 7. The lowest BCUT2D eigenvalue weighted by Crippen LogP contribution is -1.84. The van der Waals surface area contributed by atoms with Gasteiger partial charge in [0.15, 0.2) is 5.82 Å². The van der Waals surface area contributed by atoms with Gasteiger partial charge in [0, 0.05) is 10.0 Å². The SMILES string of the molecule is Cc1ccc(-c2nc(CSc3nnc(-c4ccccc4Br)o3)no2)cc1. The second-order valence-corrected chi connectivity index (χ2v) is 7.30. The molecule has 0 amide bonds. The fourth-order valence-corrected chi connectivity index (χ4v) is 3.32. The smallest absolute Gasteiger partial charge is 0.277 e. The van der Waals surface area contributed by atoms with E-state index in [9.17, 15) is 0 Å². The van der Waals surface area contributed by atoms with Crippen LogP contribution in [0.4, 0.5) is 0 Å². The first-order valence-electron chi connectivity index (χ1n) is 7.80. The van der Waals surface area contributed by atoms with Crippen molar-refractivity contribution >= 4 is 27.7 Å². The molecule has 2 aromatic carbocycles. The van der Waals surface area contributed by atoms with E-state index >= 15 is 0 Å². The minimum Gasteiger partial charge on any atom is -0.411 e. The van der Waals surface area contributed by atoms with Crippen LogP contribution in [0.2, 0.25) is 0 Å². The van der Waals surface area contributed by atoms with Crippen molar-refractivity contribution in [1.82, 2.24) is 20.3 Å². The summed E-state index contributed by atoms with van der Waals surface area (Å²) in [4.78, 5) is 4.41. The average molecular weight is 429 g/mol. The number of halogens is 1. The highest BCUT2D eigenvalue weighted by Gasteiger charge is 2.14. The Morgan fingerprint density at radius 1 is 1.00 bits per heavy atom. The van der Waals surface area contributed by atoms with Gasteiger partial charge in [0.2, 0.25) is 5.89 Å². The highest BCUT2D eigenvalue weighted by molar-refractivity contribution is 9.10. The quantitative estimate of drug-likeness (QED) is 0.406. The Labute approximate surface area is 162 Å². The molecule has 0 spiro atoms. The van der Waals surface area contributed by atoms with E-state index < -0.39 is 0 Å². The lowest BCUT2D eigenvalue weighted by Gasteiger charge is -1.96. The van der Waals surface area contributed by atoms with E-state index in [0.29, 0.717) is 28.6 Å². The summed E-state index contributed by atoms with van der Waals surface area (Å²) in [5.41, 5.74) is 2.93. The van der Waals surface area contributed by atoms with E-state index in [-0.39, 0.29) is 0 Å². The molecule has 0 aliphatic rings. The molecule has 0 N–H and O–H groups in total. The molecule has 0 aliphatic carbocycles. The molecule has 130 valence electrons. The van der Waals surface area contributed by atoms with Gasteiger partial charge in [-0.2, -0.15) is 4.98 Å². The van der Waals surface area contributed by atoms with Gasteiger partial charge in [0.05, 0.1) is 11.3 Å². The van der Waals surface area contributed by atoms with E-state index in [1.165, 1.54) is 17.3 Å². The van der Waals surface area contributed by atoms with Crippen molar-refractivity contribution in [2.24, 2.45) is 0 Å². The number of aromatic nitrogens is 4. The predicted molar refractivity (Wildman–Crippen MR) is 101 cm³/mol. The lowest BCUT2D eigenvalue weighted by molar-refractivity contribution is 0.425. The van der Waals surface area contributed by atoms with E-state index in [2.05, 4.69) is 36.3 Å². The molecule has 0 saturated heterocycles. The minimum absolute atomic E-state index is 0.456. The number of rotatable bonds is 5. The highest BCUT2D eigenvalue weighted by Crippen LogP contribution is 2.30. The zero-order valence-electron chi connectivity index (χ0n) is 13.7. The fraction of sp³-hybridized carbons (Fsp3) is 0.111. The Bertz CT molecular complexity index is 1030. The first-order valence-corrected chi connectivity index (χ1v) is 9.58. The topological polar surface area (TPSA) is 77.8 Å². The molecule has 6 nitrogen and oxygen atoms in total. The van der Waals surface area contributed by atoms with Crippen molar-refractivity contribution in [3.8, 4) is 22.9 Å². The largest absolute Gasteiger partial charge is 0.411 e. The van der Waals surface area contributed by atoms with Crippen LogP contribution < -0.4 is 0 Å². The maximum atomic E-state index is 5.70. The molecule has 0 bridgehead atoms. The molecule has 0 radical (unpaired) electrons. The Balaban J connectivity index is 1.44. The molecule has 0 atom stereocenters. The molecule has 26 heavy (non-hydrogen) atoms. The Kier molecular flexibility index (Phi) is 4.85. The van der Waals surface area contributed by atoms with Gasteiger partial charge in [-0.3, -0.25) is 0 Å². The third kappa shape index (κ3) is 3.71. The summed E-state index contributed by atoms with van der Waals surface area (Å²) in [6, 6.07) is 15.6. The molecule has 4 rings (SSSR count).